The zero-order valence-electron chi connectivity index (χ0n) is 12.6. The lowest BCUT2D eigenvalue weighted by Gasteiger charge is -2.32. The highest BCUT2D eigenvalue weighted by molar-refractivity contribution is 4.76. The molecule has 0 amide bonds. The molecule has 3 rings (SSSR count). The van der Waals surface area contributed by atoms with Gasteiger partial charge >= 0.3 is 0 Å². The lowest BCUT2D eigenvalue weighted by Crippen LogP contribution is -2.33. The van der Waals surface area contributed by atoms with Gasteiger partial charge in [0.2, 0.25) is 0 Å². The van der Waals surface area contributed by atoms with Crippen LogP contribution in [0, 0.1) is 11.8 Å². The largest absolute Gasteiger partial charge is 0.393 e. The fourth-order valence-corrected chi connectivity index (χ4v) is 3.27. The molecule has 2 N–H and O–H groups in total. The van der Waals surface area contributed by atoms with E-state index in [0.29, 0.717) is 0 Å². The molecule has 3 nitrogen and oxygen atoms in total. The molecule has 2 heterocycles. The van der Waals surface area contributed by atoms with Crippen molar-refractivity contribution < 1.29 is 5.11 Å². The Bertz CT molecular complexity index is 229. The van der Waals surface area contributed by atoms with E-state index in [0.717, 1.165) is 24.7 Å². The van der Waals surface area contributed by atoms with Gasteiger partial charge < -0.3 is 15.3 Å². The van der Waals surface area contributed by atoms with E-state index in [9.17, 15) is 0 Å². The normalized spacial score (nSPS) is 27.5. The number of aliphatic hydroxyl groups is 1. The van der Waals surface area contributed by atoms with Gasteiger partial charge in [0.1, 0.15) is 0 Å². The summed E-state index contributed by atoms with van der Waals surface area (Å²) in [5.41, 5.74) is 0. The Morgan fingerprint density at radius 2 is 1.47 bits per heavy atom. The fraction of sp³-hybridized carbons (Fsp3) is 1.00. The van der Waals surface area contributed by atoms with Crippen LogP contribution in [0.4, 0.5) is 0 Å². The topological polar surface area (TPSA) is 35.5 Å². The van der Waals surface area contributed by atoms with E-state index >= 15 is 0 Å². The van der Waals surface area contributed by atoms with Crippen LogP contribution in [0.15, 0.2) is 0 Å². The first-order valence-electron chi connectivity index (χ1n) is 8.31. The highest BCUT2D eigenvalue weighted by Gasteiger charge is 2.21. The number of hydrogen-bond acceptors (Lipinski definition) is 3. The standard InChI is InChI=1S/C12H24N2.C4H8O/c1-14-8-4-12(5-9-14)10-11-2-6-13-7-3-11;5-4-2-1-3-4/h11-13H,2-10H2,1H3;4-5H,1-3H2. The zero-order valence-corrected chi connectivity index (χ0v) is 12.6. The molecule has 0 aromatic rings. The first-order valence-corrected chi connectivity index (χ1v) is 8.31. The summed E-state index contributed by atoms with van der Waals surface area (Å²) in [5, 5.41) is 11.9. The number of piperidine rings is 2. The number of nitrogens with zero attached hydrogens (tertiary/aromatic N) is 1. The first kappa shape index (κ1) is 15.3. The molecule has 0 unspecified atom stereocenters. The Balaban J connectivity index is 0.000000224. The molecule has 19 heavy (non-hydrogen) atoms. The molecule has 3 fully saturated rings. The molecule has 3 heteroatoms. The van der Waals surface area contributed by atoms with Crippen molar-refractivity contribution in [2.45, 2.75) is 57.5 Å². The number of rotatable bonds is 2. The van der Waals surface area contributed by atoms with Crippen LogP contribution in [0.25, 0.3) is 0 Å². The van der Waals surface area contributed by atoms with Crippen molar-refractivity contribution in [1.82, 2.24) is 10.2 Å². The molecule has 112 valence electrons. The zero-order chi connectivity index (χ0) is 13.5. The van der Waals surface area contributed by atoms with Crippen LogP contribution >= 0.6 is 0 Å². The van der Waals surface area contributed by atoms with Gasteiger partial charge in [-0.25, -0.2) is 0 Å². The van der Waals surface area contributed by atoms with Crippen molar-refractivity contribution in [1.29, 1.82) is 0 Å². The summed E-state index contributed by atoms with van der Waals surface area (Å²) in [7, 11) is 2.25. The lowest BCUT2D eigenvalue weighted by atomic mass is 9.83. The molecule has 1 saturated carbocycles. The Labute approximate surface area is 118 Å². The van der Waals surface area contributed by atoms with E-state index in [1.54, 1.807) is 0 Å². The van der Waals surface area contributed by atoms with Crippen LogP contribution in [-0.4, -0.2) is 49.3 Å². The molecular formula is C16H32N2O. The Morgan fingerprint density at radius 1 is 0.947 bits per heavy atom. The molecule has 0 bridgehead atoms. The van der Waals surface area contributed by atoms with Gasteiger partial charge in [-0.1, -0.05) is 0 Å². The Morgan fingerprint density at radius 3 is 1.95 bits per heavy atom. The van der Waals surface area contributed by atoms with Crippen LogP contribution in [0.3, 0.4) is 0 Å². The monoisotopic (exact) mass is 268 g/mol. The van der Waals surface area contributed by atoms with Crippen LogP contribution < -0.4 is 5.32 Å². The third kappa shape index (κ3) is 5.80. The average Bonchev–Trinajstić information content (AvgIpc) is 2.41. The average molecular weight is 268 g/mol. The van der Waals surface area contributed by atoms with Crippen LogP contribution in [0.5, 0.6) is 0 Å². The van der Waals surface area contributed by atoms with Crippen LogP contribution in [0.1, 0.15) is 51.4 Å². The van der Waals surface area contributed by atoms with Gasteiger partial charge in [-0.3, -0.25) is 0 Å². The van der Waals surface area contributed by atoms with Gasteiger partial charge in [0.25, 0.3) is 0 Å². The Kier molecular flexibility index (Phi) is 6.62. The van der Waals surface area contributed by atoms with E-state index in [-0.39, 0.29) is 6.10 Å². The van der Waals surface area contributed by atoms with Crippen molar-refractivity contribution in [3.63, 3.8) is 0 Å². The van der Waals surface area contributed by atoms with E-state index in [1.807, 2.05) is 0 Å². The molecule has 2 saturated heterocycles. The van der Waals surface area contributed by atoms with Crippen LogP contribution in [-0.2, 0) is 0 Å². The maximum Gasteiger partial charge on any atom is 0.0540 e. The van der Waals surface area contributed by atoms with E-state index < -0.39 is 0 Å². The molecule has 0 radical (unpaired) electrons. The number of hydrogen-bond donors (Lipinski definition) is 2. The molecule has 2 aliphatic heterocycles. The summed E-state index contributed by atoms with van der Waals surface area (Å²) in [6, 6.07) is 0. The molecule has 1 aliphatic carbocycles. The maximum atomic E-state index is 8.45. The molecule has 0 aromatic heterocycles. The van der Waals surface area contributed by atoms with Crippen molar-refractivity contribution >= 4 is 0 Å². The second kappa shape index (κ2) is 8.23. The minimum atomic E-state index is 0.0648. The molecule has 3 aliphatic rings. The van der Waals surface area contributed by atoms with E-state index in [4.69, 9.17) is 5.11 Å². The third-order valence-electron chi connectivity index (χ3n) is 5.04. The predicted octanol–water partition coefficient (Wildman–Crippen LogP) is 2.25. The van der Waals surface area contributed by atoms with Gasteiger partial charge in [0.15, 0.2) is 0 Å². The van der Waals surface area contributed by atoms with Crippen molar-refractivity contribution in [3.8, 4) is 0 Å². The van der Waals surface area contributed by atoms with E-state index in [2.05, 4.69) is 17.3 Å². The van der Waals surface area contributed by atoms with Gasteiger partial charge in [-0.05, 0) is 96.4 Å². The van der Waals surface area contributed by atoms with Crippen molar-refractivity contribution in [2.24, 2.45) is 11.8 Å². The summed E-state index contributed by atoms with van der Waals surface area (Å²) in [5.74, 6) is 2.07. The summed E-state index contributed by atoms with van der Waals surface area (Å²) in [6.45, 7) is 5.18. The summed E-state index contributed by atoms with van der Waals surface area (Å²) >= 11 is 0. The highest BCUT2D eigenvalue weighted by atomic mass is 16.3. The predicted molar refractivity (Wildman–Crippen MR) is 80.3 cm³/mol. The minimum Gasteiger partial charge on any atom is -0.393 e. The molecular weight excluding hydrogens is 236 g/mol. The molecule has 0 atom stereocenters. The Hall–Kier alpha value is -0.120. The van der Waals surface area contributed by atoms with Gasteiger partial charge in [-0.15, -0.1) is 0 Å². The second-order valence-electron chi connectivity index (χ2n) is 6.76. The fourth-order valence-electron chi connectivity index (χ4n) is 3.27. The van der Waals surface area contributed by atoms with Crippen molar-refractivity contribution in [2.75, 3.05) is 33.2 Å². The van der Waals surface area contributed by atoms with Gasteiger partial charge in [0, 0.05) is 0 Å². The SMILES string of the molecule is CN1CCC(CC2CCNCC2)CC1.OC1CCC1. The number of aliphatic hydroxyl groups excluding tert-OH is 1. The molecule has 0 aromatic carbocycles. The van der Waals surface area contributed by atoms with Crippen molar-refractivity contribution in [3.05, 3.63) is 0 Å². The maximum absolute atomic E-state index is 8.45. The van der Waals surface area contributed by atoms with E-state index in [1.165, 1.54) is 64.7 Å². The number of nitrogens with one attached hydrogen (secondary N) is 1. The molecule has 0 spiro atoms. The minimum absolute atomic E-state index is 0.0648. The first-order chi connectivity index (χ1) is 9.24. The lowest BCUT2D eigenvalue weighted by molar-refractivity contribution is 0.0950. The summed E-state index contributed by atoms with van der Waals surface area (Å²) in [4.78, 5) is 2.47. The van der Waals surface area contributed by atoms with Gasteiger partial charge in [-0.2, -0.15) is 0 Å². The van der Waals surface area contributed by atoms with Gasteiger partial charge in [0.05, 0.1) is 6.10 Å². The third-order valence-corrected chi connectivity index (χ3v) is 5.04. The smallest absolute Gasteiger partial charge is 0.0540 e. The summed E-state index contributed by atoms with van der Waals surface area (Å²) in [6.07, 6.45) is 10.6. The van der Waals surface area contributed by atoms with Crippen LogP contribution in [0.2, 0.25) is 0 Å². The summed E-state index contributed by atoms with van der Waals surface area (Å²) < 4.78 is 0. The number of likely N-dealkylation sites (tertiary alicyclic amines) is 1. The second-order valence-corrected chi connectivity index (χ2v) is 6.76. The quantitative estimate of drug-likeness (QED) is 0.806. The highest BCUT2D eigenvalue weighted by Crippen LogP contribution is 2.27.